The van der Waals surface area contributed by atoms with E-state index in [0.29, 0.717) is 27.3 Å². The van der Waals surface area contributed by atoms with Crippen LogP contribution in [0.25, 0.3) is 11.8 Å². The molecule has 0 spiro atoms. The number of carbonyl (C=O) groups excluding carboxylic acids is 2. The predicted molar refractivity (Wildman–Crippen MR) is 162 cm³/mol. The highest BCUT2D eigenvalue weighted by Crippen LogP contribution is 2.35. The summed E-state index contributed by atoms with van der Waals surface area (Å²) in [6, 6.07) is 22.7. The van der Waals surface area contributed by atoms with E-state index in [1.54, 1.807) is 18.2 Å². The second-order valence-corrected chi connectivity index (χ2v) is 11.8. The Balaban J connectivity index is 1.31. The summed E-state index contributed by atoms with van der Waals surface area (Å²) in [6.07, 6.45) is 1.80. The maximum absolute atomic E-state index is 13.1. The van der Waals surface area contributed by atoms with Gasteiger partial charge in [0, 0.05) is 37.2 Å². The number of rotatable bonds is 7. The topological polar surface area (TPSA) is 51.5 Å². The predicted octanol–water partition coefficient (Wildman–Crippen LogP) is 8.98. The van der Waals surface area contributed by atoms with Crippen molar-refractivity contribution in [3.63, 3.8) is 0 Å². The number of halogens is 3. The van der Waals surface area contributed by atoms with E-state index in [4.69, 9.17) is 27.9 Å². The maximum Gasteiger partial charge on any atom is 0.293 e. The van der Waals surface area contributed by atoms with Crippen LogP contribution in [-0.4, -0.2) is 20.6 Å². The Morgan fingerprint density at radius 3 is 2.36 bits per heavy atom. The lowest BCUT2D eigenvalue weighted by Gasteiger charge is -2.12. The SMILES string of the molecule is Cc1cc(/C=C2/SC(=O)N(Cc3ccc(Br)cc3)C2=O)c(C)n1-c1ccc(OCc2ccc(Cl)cc2Cl)cc1. The van der Waals surface area contributed by atoms with Gasteiger partial charge < -0.3 is 9.30 Å². The molecule has 0 radical (unpaired) electrons. The second kappa shape index (κ2) is 11.6. The number of nitrogens with zero attached hydrogens (tertiary/aromatic N) is 2. The van der Waals surface area contributed by atoms with Gasteiger partial charge in [-0.1, -0.05) is 57.3 Å². The standard InChI is InChI=1S/C30H23BrCl2N2O3S/c1-18-13-22(14-28-29(36)34(30(37)39-28)16-20-3-6-23(31)7-4-20)19(2)35(18)25-9-11-26(12-10-25)38-17-21-5-8-24(32)15-27(21)33/h3-15H,16-17H2,1-2H3/b28-14+. The highest BCUT2D eigenvalue weighted by atomic mass is 79.9. The first-order chi connectivity index (χ1) is 18.7. The minimum atomic E-state index is -0.278. The third-order valence-corrected chi connectivity index (χ3v) is 8.41. The fraction of sp³-hybridized carbons (Fsp3) is 0.133. The lowest BCUT2D eigenvalue weighted by molar-refractivity contribution is -0.123. The molecular formula is C30H23BrCl2N2O3S. The Morgan fingerprint density at radius 1 is 0.949 bits per heavy atom. The molecule has 3 aromatic carbocycles. The molecule has 0 aliphatic carbocycles. The summed E-state index contributed by atoms with van der Waals surface area (Å²) >= 11 is 16.6. The van der Waals surface area contributed by atoms with Gasteiger partial charge in [-0.05, 0) is 97.4 Å². The molecule has 1 aliphatic rings. The van der Waals surface area contributed by atoms with Crippen LogP contribution in [0.4, 0.5) is 4.79 Å². The minimum Gasteiger partial charge on any atom is -0.489 e. The Bertz CT molecular complexity index is 1600. The van der Waals surface area contributed by atoms with E-state index in [1.807, 2.05) is 74.5 Å². The van der Waals surface area contributed by atoms with Gasteiger partial charge in [-0.15, -0.1) is 0 Å². The smallest absolute Gasteiger partial charge is 0.293 e. The van der Waals surface area contributed by atoms with E-state index in [0.717, 1.165) is 50.0 Å². The van der Waals surface area contributed by atoms with Crippen molar-refractivity contribution in [2.75, 3.05) is 0 Å². The molecule has 0 bridgehead atoms. The van der Waals surface area contributed by atoms with E-state index in [9.17, 15) is 9.59 Å². The number of aryl methyl sites for hydroxylation is 1. The van der Waals surface area contributed by atoms with Crippen LogP contribution in [0.5, 0.6) is 5.75 Å². The van der Waals surface area contributed by atoms with Crippen LogP contribution in [0.15, 0.2) is 82.2 Å². The summed E-state index contributed by atoms with van der Waals surface area (Å²) in [7, 11) is 0. The Labute approximate surface area is 249 Å². The van der Waals surface area contributed by atoms with Crippen LogP contribution in [0.3, 0.4) is 0 Å². The van der Waals surface area contributed by atoms with Crippen molar-refractivity contribution >= 4 is 68.1 Å². The molecule has 2 amide bonds. The third-order valence-electron chi connectivity index (χ3n) is 6.39. The third kappa shape index (κ3) is 6.12. The number of hydrogen-bond donors (Lipinski definition) is 0. The Kier molecular flexibility index (Phi) is 8.24. The summed E-state index contributed by atoms with van der Waals surface area (Å²) in [5, 5.41) is 0.885. The van der Waals surface area contributed by atoms with E-state index in [-0.39, 0.29) is 17.7 Å². The normalized spacial score (nSPS) is 14.5. The van der Waals surface area contributed by atoms with Crippen molar-refractivity contribution in [1.82, 2.24) is 9.47 Å². The number of benzene rings is 3. The molecule has 4 aromatic rings. The number of ether oxygens (including phenoxy) is 1. The van der Waals surface area contributed by atoms with Crippen LogP contribution in [-0.2, 0) is 17.9 Å². The molecule has 198 valence electrons. The largest absolute Gasteiger partial charge is 0.489 e. The molecule has 5 rings (SSSR count). The van der Waals surface area contributed by atoms with Gasteiger partial charge in [-0.25, -0.2) is 0 Å². The zero-order chi connectivity index (χ0) is 27.7. The summed E-state index contributed by atoms with van der Waals surface area (Å²) in [5.74, 6) is 0.437. The van der Waals surface area contributed by atoms with Crippen LogP contribution in [0.1, 0.15) is 28.1 Å². The van der Waals surface area contributed by atoms with Gasteiger partial charge in [-0.2, -0.15) is 0 Å². The highest BCUT2D eigenvalue weighted by molar-refractivity contribution is 9.10. The van der Waals surface area contributed by atoms with Crippen LogP contribution in [0, 0.1) is 13.8 Å². The molecule has 2 heterocycles. The van der Waals surface area contributed by atoms with Crippen molar-refractivity contribution < 1.29 is 14.3 Å². The van der Waals surface area contributed by atoms with Gasteiger partial charge in [0.25, 0.3) is 11.1 Å². The van der Waals surface area contributed by atoms with E-state index in [1.165, 1.54) is 4.90 Å². The Morgan fingerprint density at radius 2 is 1.67 bits per heavy atom. The molecule has 9 heteroatoms. The summed E-state index contributed by atoms with van der Waals surface area (Å²) in [6.45, 7) is 4.58. The van der Waals surface area contributed by atoms with E-state index >= 15 is 0 Å². The zero-order valence-electron chi connectivity index (χ0n) is 21.1. The number of hydrogen-bond acceptors (Lipinski definition) is 4. The Hall–Kier alpha value is -2.97. The molecule has 39 heavy (non-hydrogen) atoms. The van der Waals surface area contributed by atoms with Gasteiger partial charge in [-0.3, -0.25) is 14.5 Å². The lowest BCUT2D eigenvalue weighted by Crippen LogP contribution is -2.27. The van der Waals surface area contributed by atoms with Crippen molar-refractivity contribution in [2.45, 2.75) is 27.0 Å². The molecule has 0 N–H and O–H groups in total. The molecule has 1 fully saturated rings. The van der Waals surface area contributed by atoms with E-state index < -0.39 is 0 Å². The molecule has 5 nitrogen and oxygen atoms in total. The number of aromatic nitrogens is 1. The number of imide groups is 1. The number of amides is 2. The lowest BCUT2D eigenvalue weighted by atomic mass is 10.2. The highest BCUT2D eigenvalue weighted by Gasteiger charge is 2.35. The van der Waals surface area contributed by atoms with Crippen LogP contribution >= 0.6 is 50.9 Å². The van der Waals surface area contributed by atoms with Crippen molar-refractivity contribution in [1.29, 1.82) is 0 Å². The maximum atomic E-state index is 13.1. The summed E-state index contributed by atoms with van der Waals surface area (Å²) < 4.78 is 8.97. The number of thioether (sulfide) groups is 1. The summed E-state index contributed by atoms with van der Waals surface area (Å²) in [5.41, 5.74) is 5.57. The summed E-state index contributed by atoms with van der Waals surface area (Å²) in [4.78, 5) is 27.4. The van der Waals surface area contributed by atoms with Gasteiger partial charge >= 0.3 is 0 Å². The van der Waals surface area contributed by atoms with Gasteiger partial charge in [0.1, 0.15) is 12.4 Å². The fourth-order valence-electron chi connectivity index (χ4n) is 4.37. The van der Waals surface area contributed by atoms with E-state index in [2.05, 4.69) is 20.5 Å². The van der Waals surface area contributed by atoms with Crippen molar-refractivity contribution in [2.24, 2.45) is 0 Å². The molecule has 1 aromatic heterocycles. The number of carbonyl (C=O) groups is 2. The van der Waals surface area contributed by atoms with Crippen LogP contribution in [0.2, 0.25) is 10.0 Å². The molecule has 0 unspecified atom stereocenters. The zero-order valence-corrected chi connectivity index (χ0v) is 25.0. The quantitative estimate of drug-likeness (QED) is 0.189. The monoisotopic (exact) mass is 640 g/mol. The molecular weight excluding hydrogens is 619 g/mol. The second-order valence-electron chi connectivity index (χ2n) is 9.07. The van der Waals surface area contributed by atoms with Gasteiger partial charge in [0.05, 0.1) is 11.4 Å². The molecule has 1 saturated heterocycles. The van der Waals surface area contributed by atoms with Crippen LogP contribution < -0.4 is 4.74 Å². The first kappa shape index (κ1) is 27.6. The molecule has 0 saturated carbocycles. The average molecular weight is 642 g/mol. The van der Waals surface area contributed by atoms with Crippen molar-refractivity contribution in [3.8, 4) is 11.4 Å². The fourth-order valence-corrected chi connectivity index (χ4v) is 5.93. The average Bonchev–Trinajstić information content (AvgIpc) is 3.33. The molecule has 0 atom stereocenters. The molecule has 1 aliphatic heterocycles. The van der Waals surface area contributed by atoms with Crippen molar-refractivity contribution in [3.05, 3.63) is 120 Å². The first-order valence-corrected chi connectivity index (χ1v) is 14.4. The minimum absolute atomic E-state index is 0.243. The first-order valence-electron chi connectivity index (χ1n) is 12.1. The van der Waals surface area contributed by atoms with Gasteiger partial charge in [0.2, 0.25) is 0 Å². The van der Waals surface area contributed by atoms with Gasteiger partial charge in [0.15, 0.2) is 0 Å².